The highest BCUT2D eigenvalue weighted by Crippen LogP contribution is 2.24. The van der Waals surface area contributed by atoms with Gasteiger partial charge in [-0.1, -0.05) is 12.8 Å². The number of anilines is 1. The molecular formula is C26H36N6O3. The van der Waals surface area contributed by atoms with Crippen molar-refractivity contribution < 1.29 is 14.3 Å². The highest BCUT2D eigenvalue weighted by Gasteiger charge is 2.15. The third kappa shape index (κ3) is 7.39. The molecule has 0 bridgehead atoms. The smallest absolute Gasteiger partial charge is 0.407 e. The molecular weight excluding hydrogens is 444 g/mol. The first-order valence-corrected chi connectivity index (χ1v) is 12.5. The Bertz CT molecular complexity index is 1120. The molecule has 9 nitrogen and oxygen atoms in total. The van der Waals surface area contributed by atoms with E-state index >= 15 is 0 Å². The summed E-state index contributed by atoms with van der Waals surface area (Å²) < 4.78 is 12.7. The van der Waals surface area contributed by atoms with Crippen molar-refractivity contribution in [1.29, 1.82) is 0 Å². The Hall–Kier alpha value is -3.20. The zero-order valence-electron chi connectivity index (χ0n) is 21.0. The fourth-order valence-electron chi connectivity index (χ4n) is 4.03. The lowest BCUT2D eigenvalue weighted by Crippen LogP contribution is -2.36. The van der Waals surface area contributed by atoms with E-state index in [0.29, 0.717) is 6.54 Å². The number of rotatable bonds is 9. The Morgan fingerprint density at radius 2 is 1.89 bits per heavy atom. The number of aromatic nitrogens is 4. The number of fused-ring (bicyclic) bond motifs is 1. The molecule has 0 aliphatic carbocycles. The molecule has 1 saturated heterocycles. The van der Waals surface area contributed by atoms with Crippen LogP contribution >= 0.6 is 0 Å². The highest BCUT2D eigenvalue weighted by molar-refractivity contribution is 5.81. The van der Waals surface area contributed by atoms with E-state index in [9.17, 15) is 4.79 Å². The van der Waals surface area contributed by atoms with Crippen molar-refractivity contribution in [2.75, 3.05) is 37.7 Å². The Balaban J connectivity index is 1.24. The fourth-order valence-corrected chi connectivity index (χ4v) is 4.03. The zero-order chi connectivity index (χ0) is 24.7. The minimum atomic E-state index is -0.461. The number of alkyl carbamates (subject to hydrolysis) is 1. The largest absolute Gasteiger partial charge is 0.444 e. The summed E-state index contributed by atoms with van der Waals surface area (Å²) in [4.78, 5) is 23.4. The van der Waals surface area contributed by atoms with E-state index in [1.54, 1.807) is 0 Å². The monoisotopic (exact) mass is 480 g/mol. The maximum absolute atomic E-state index is 11.7. The van der Waals surface area contributed by atoms with Crippen molar-refractivity contribution in [3.63, 3.8) is 0 Å². The summed E-state index contributed by atoms with van der Waals surface area (Å²) in [5.74, 6) is 0. The molecule has 1 aliphatic rings. The van der Waals surface area contributed by atoms with Crippen LogP contribution in [-0.2, 0) is 16.0 Å². The van der Waals surface area contributed by atoms with E-state index in [-0.39, 0.29) is 6.09 Å². The van der Waals surface area contributed by atoms with Gasteiger partial charge in [-0.05, 0) is 51.8 Å². The second-order valence-electron chi connectivity index (χ2n) is 9.86. The van der Waals surface area contributed by atoms with Gasteiger partial charge in [0.25, 0.3) is 0 Å². The maximum atomic E-state index is 11.7. The van der Waals surface area contributed by atoms with Crippen LogP contribution in [0.1, 0.15) is 46.5 Å². The second kappa shape index (κ2) is 11.5. The quantitative estimate of drug-likeness (QED) is 0.453. The Labute approximate surface area is 206 Å². The Kier molecular flexibility index (Phi) is 8.17. The summed E-state index contributed by atoms with van der Waals surface area (Å²) >= 11 is 0. The van der Waals surface area contributed by atoms with Gasteiger partial charge in [-0.25, -0.2) is 9.78 Å². The first kappa shape index (κ1) is 24.9. The van der Waals surface area contributed by atoms with Crippen LogP contribution in [0.4, 0.5) is 10.5 Å². The molecule has 9 heteroatoms. The average molecular weight is 481 g/mol. The molecule has 4 rings (SSSR count). The summed E-state index contributed by atoms with van der Waals surface area (Å²) in [6, 6.07) is 6.25. The van der Waals surface area contributed by atoms with Gasteiger partial charge in [0.2, 0.25) is 0 Å². The van der Waals surface area contributed by atoms with E-state index < -0.39 is 5.60 Å². The van der Waals surface area contributed by atoms with E-state index in [1.807, 2.05) is 50.1 Å². The first-order chi connectivity index (χ1) is 16.9. The predicted octanol–water partition coefficient (Wildman–Crippen LogP) is 4.42. The number of carbonyl (C=O) groups is 1. The molecule has 188 valence electrons. The second-order valence-corrected chi connectivity index (χ2v) is 9.86. The van der Waals surface area contributed by atoms with Gasteiger partial charge in [0.05, 0.1) is 42.3 Å². The number of hydrogen-bond acceptors (Lipinski definition) is 7. The molecule has 1 aromatic carbocycles. The average Bonchev–Trinajstić information content (AvgIpc) is 3.31. The van der Waals surface area contributed by atoms with E-state index in [0.717, 1.165) is 86.5 Å². The molecule has 1 N–H and O–H groups in total. The molecule has 1 aliphatic heterocycles. The van der Waals surface area contributed by atoms with Gasteiger partial charge in [-0.15, -0.1) is 0 Å². The van der Waals surface area contributed by atoms with Crippen molar-refractivity contribution in [3.8, 4) is 11.3 Å². The van der Waals surface area contributed by atoms with Crippen molar-refractivity contribution in [3.05, 3.63) is 36.8 Å². The Morgan fingerprint density at radius 1 is 1.09 bits per heavy atom. The number of unbranched alkanes of at least 4 members (excludes halogenated alkanes) is 3. The lowest BCUT2D eigenvalue weighted by molar-refractivity contribution is 0.0527. The lowest BCUT2D eigenvalue weighted by atomic mass is 10.2. The highest BCUT2D eigenvalue weighted by atomic mass is 16.6. The minimum absolute atomic E-state index is 0.351. The van der Waals surface area contributed by atoms with Gasteiger partial charge in [0.15, 0.2) is 0 Å². The Morgan fingerprint density at radius 3 is 2.69 bits per heavy atom. The number of benzene rings is 1. The van der Waals surface area contributed by atoms with Gasteiger partial charge < -0.3 is 19.7 Å². The van der Waals surface area contributed by atoms with Crippen LogP contribution in [0.5, 0.6) is 0 Å². The molecule has 0 saturated carbocycles. The molecule has 2 aromatic heterocycles. The van der Waals surface area contributed by atoms with Crippen molar-refractivity contribution >= 4 is 22.8 Å². The number of hydrogen-bond donors (Lipinski definition) is 1. The van der Waals surface area contributed by atoms with Gasteiger partial charge >= 0.3 is 6.09 Å². The van der Waals surface area contributed by atoms with Gasteiger partial charge in [-0.3, -0.25) is 9.67 Å². The number of morpholine rings is 1. The van der Waals surface area contributed by atoms with E-state index in [4.69, 9.17) is 14.5 Å². The molecule has 3 aromatic rings. The molecule has 0 spiro atoms. The molecule has 35 heavy (non-hydrogen) atoms. The molecule has 3 heterocycles. The van der Waals surface area contributed by atoms with E-state index in [1.165, 1.54) is 0 Å². The van der Waals surface area contributed by atoms with Gasteiger partial charge in [-0.2, -0.15) is 5.10 Å². The number of amides is 1. The third-order valence-corrected chi connectivity index (χ3v) is 5.81. The van der Waals surface area contributed by atoms with Crippen LogP contribution in [0.25, 0.3) is 22.3 Å². The zero-order valence-corrected chi connectivity index (χ0v) is 21.0. The lowest BCUT2D eigenvalue weighted by Gasteiger charge is -2.28. The van der Waals surface area contributed by atoms with Crippen molar-refractivity contribution in [1.82, 2.24) is 25.1 Å². The standard InChI is InChI=1S/C26H36N6O3/c1-26(2,3)35-25(33)27-10-6-4-5-7-11-32-19-20(17-29-32)24-18-28-22-9-8-21(16-23(22)30-24)31-12-14-34-15-13-31/h8-9,16-19H,4-7,10-15H2,1-3H3,(H,27,33). The molecule has 1 fully saturated rings. The van der Waals surface area contributed by atoms with Crippen LogP contribution in [0.3, 0.4) is 0 Å². The molecule has 0 radical (unpaired) electrons. The minimum Gasteiger partial charge on any atom is -0.444 e. The fraction of sp³-hybridized carbons (Fsp3) is 0.538. The molecule has 0 atom stereocenters. The third-order valence-electron chi connectivity index (χ3n) is 5.81. The number of nitrogens with one attached hydrogen (secondary N) is 1. The number of aryl methyl sites for hydroxylation is 1. The summed E-state index contributed by atoms with van der Waals surface area (Å²) in [6.07, 6.45) is 9.43. The summed E-state index contributed by atoms with van der Waals surface area (Å²) in [5.41, 5.74) is 4.27. The van der Waals surface area contributed by atoms with Crippen molar-refractivity contribution in [2.24, 2.45) is 0 Å². The maximum Gasteiger partial charge on any atom is 0.407 e. The predicted molar refractivity (Wildman–Crippen MR) is 136 cm³/mol. The van der Waals surface area contributed by atoms with Crippen LogP contribution in [0, 0.1) is 0 Å². The summed E-state index contributed by atoms with van der Waals surface area (Å²) in [5, 5.41) is 7.31. The summed E-state index contributed by atoms with van der Waals surface area (Å²) in [7, 11) is 0. The first-order valence-electron chi connectivity index (χ1n) is 12.5. The normalized spacial score (nSPS) is 14.3. The SMILES string of the molecule is CC(C)(C)OC(=O)NCCCCCCn1cc(-c2cnc3ccc(N4CCOCC4)cc3n2)cn1. The van der Waals surface area contributed by atoms with Crippen LogP contribution in [0.15, 0.2) is 36.8 Å². The molecule has 1 amide bonds. The number of nitrogens with zero attached hydrogens (tertiary/aromatic N) is 5. The van der Waals surface area contributed by atoms with Crippen LogP contribution in [0.2, 0.25) is 0 Å². The topological polar surface area (TPSA) is 94.4 Å². The molecule has 0 unspecified atom stereocenters. The van der Waals surface area contributed by atoms with Crippen LogP contribution in [-0.4, -0.2) is 64.3 Å². The van der Waals surface area contributed by atoms with E-state index in [2.05, 4.69) is 32.4 Å². The van der Waals surface area contributed by atoms with Gasteiger partial charge in [0.1, 0.15) is 5.60 Å². The number of ether oxygens (including phenoxy) is 2. The number of carbonyl (C=O) groups excluding carboxylic acids is 1. The van der Waals surface area contributed by atoms with Crippen LogP contribution < -0.4 is 10.2 Å². The van der Waals surface area contributed by atoms with Crippen molar-refractivity contribution in [2.45, 2.75) is 58.6 Å². The van der Waals surface area contributed by atoms with Gasteiger partial charge in [0, 0.05) is 43.6 Å². The summed E-state index contributed by atoms with van der Waals surface area (Å²) in [6.45, 7) is 10.4.